The van der Waals surface area contributed by atoms with E-state index in [2.05, 4.69) is 15.3 Å². The third-order valence-electron chi connectivity index (χ3n) is 4.63. The maximum Gasteiger partial charge on any atom is 0.221 e. The summed E-state index contributed by atoms with van der Waals surface area (Å²) in [7, 11) is 0. The lowest BCUT2D eigenvalue weighted by atomic mass is 10.2. The molecule has 0 aliphatic carbocycles. The largest absolute Gasteiger partial charge is 0.387 e. The first kappa shape index (κ1) is 18.5. The number of aryl methyl sites for hydroxylation is 1. The van der Waals surface area contributed by atoms with Crippen molar-refractivity contribution in [1.29, 1.82) is 0 Å². The van der Waals surface area contributed by atoms with Crippen molar-refractivity contribution < 1.29 is 14.3 Å². The number of aliphatic hydroxyl groups is 1. The van der Waals surface area contributed by atoms with Crippen LogP contribution in [0.25, 0.3) is 0 Å². The highest BCUT2D eigenvalue weighted by Crippen LogP contribution is 2.18. The van der Waals surface area contributed by atoms with Crippen LogP contribution < -0.4 is 5.32 Å². The summed E-state index contributed by atoms with van der Waals surface area (Å²) in [5.74, 6) is -0.391. The molecule has 26 heavy (non-hydrogen) atoms. The topological polar surface area (TPSA) is 70.4 Å². The highest BCUT2D eigenvalue weighted by atomic mass is 19.1. The van der Waals surface area contributed by atoms with Crippen LogP contribution in [-0.2, 0) is 24.4 Å². The fraction of sp³-hybridized carbons (Fsp3) is 0.474. The number of carbonyl (C=O) groups is 1. The Morgan fingerprint density at radius 3 is 2.96 bits per heavy atom. The van der Waals surface area contributed by atoms with E-state index in [1.165, 1.54) is 6.07 Å². The number of aliphatic hydroxyl groups excluding tert-OH is 1. The Bertz CT molecular complexity index is 760. The SMILES string of the molecule is C[C@H](O)c1cc2n(n1)CCCN(CCC(=O)NCc1ccccc1F)C2. The van der Waals surface area contributed by atoms with E-state index in [0.29, 0.717) is 30.8 Å². The molecule has 0 bridgehead atoms. The molecule has 1 aromatic heterocycles. The van der Waals surface area contributed by atoms with E-state index in [0.717, 1.165) is 25.2 Å². The van der Waals surface area contributed by atoms with Crippen molar-refractivity contribution in [1.82, 2.24) is 20.0 Å². The van der Waals surface area contributed by atoms with Crippen LogP contribution in [0, 0.1) is 5.82 Å². The smallest absolute Gasteiger partial charge is 0.221 e. The number of carbonyl (C=O) groups excluding carboxylic acids is 1. The number of fused-ring (bicyclic) bond motifs is 1. The molecule has 0 saturated heterocycles. The minimum absolute atomic E-state index is 0.0873. The predicted molar refractivity (Wildman–Crippen MR) is 95.6 cm³/mol. The van der Waals surface area contributed by atoms with Gasteiger partial charge in [-0.25, -0.2) is 4.39 Å². The van der Waals surface area contributed by atoms with Crippen molar-refractivity contribution in [2.75, 3.05) is 13.1 Å². The molecule has 0 saturated carbocycles. The molecular formula is C19H25FN4O2. The average molecular weight is 360 g/mol. The maximum atomic E-state index is 13.6. The van der Waals surface area contributed by atoms with Gasteiger partial charge < -0.3 is 10.4 Å². The number of nitrogens with one attached hydrogen (secondary N) is 1. The van der Waals surface area contributed by atoms with Crippen LogP contribution in [0.5, 0.6) is 0 Å². The molecule has 0 fully saturated rings. The number of benzene rings is 1. The molecule has 0 unspecified atom stereocenters. The number of aromatic nitrogens is 2. The van der Waals surface area contributed by atoms with E-state index in [1.807, 2.05) is 10.7 Å². The second kappa shape index (κ2) is 8.42. The molecule has 0 spiro atoms. The molecule has 2 aromatic rings. The Morgan fingerprint density at radius 2 is 2.19 bits per heavy atom. The number of hydrogen-bond acceptors (Lipinski definition) is 4. The van der Waals surface area contributed by atoms with Gasteiger partial charge in [-0.3, -0.25) is 14.4 Å². The normalized spacial score (nSPS) is 16.0. The van der Waals surface area contributed by atoms with Crippen molar-refractivity contribution >= 4 is 5.91 Å². The molecule has 1 aliphatic heterocycles. The summed E-state index contributed by atoms with van der Waals surface area (Å²) in [6.07, 6.45) is 0.739. The second-order valence-corrected chi connectivity index (χ2v) is 6.71. The van der Waals surface area contributed by atoms with E-state index in [-0.39, 0.29) is 18.3 Å². The molecular weight excluding hydrogens is 335 g/mol. The Hall–Kier alpha value is -2.25. The minimum atomic E-state index is -0.577. The molecule has 2 N–H and O–H groups in total. The molecule has 7 heteroatoms. The van der Waals surface area contributed by atoms with Crippen LogP contribution in [-0.4, -0.2) is 38.8 Å². The van der Waals surface area contributed by atoms with E-state index in [4.69, 9.17) is 0 Å². The van der Waals surface area contributed by atoms with Crippen molar-refractivity contribution in [3.8, 4) is 0 Å². The summed E-state index contributed by atoms with van der Waals surface area (Å²) in [4.78, 5) is 14.3. The lowest BCUT2D eigenvalue weighted by Gasteiger charge is -2.19. The van der Waals surface area contributed by atoms with E-state index >= 15 is 0 Å². The standard InChI is InChI=1S/C19H25FN4O2/c1-14(25)18-11-16-13-23(8-4-9-24(16)22-18)10-7-19(26)21-12-15-5-2-3-6-17(15)20/h2-3,5-6,11,14,25H,4,7-10,12-13H2,1H3,(H,21,26)/t14-/m0/s1. The van der Waals surface area contributed by atoms with Crippen molar-refractivity contribution in [3.63, 3.8) is 0 Å². The third kappa shape index (κ3) is 4.68. The summed E-state index contributed by atoms with van der Waals surface area (Å²) in [6.45, 7) is 4.97. The average Bonchev–Trinajstić information content (AvgIpc) is 2.92. The Balaban J connectivity index is 1.49. The molecule has 1 amide bonds. The first-order valence-electron chi connectivity index (χ1n) is 9.00. The number of amides is 1. The fourth-order valence-corrected chi connectivity index (χ4v) is 3.13. The van der Waals surface area contributed by atoms with Gasteiger partial charge in [0.1, 0.15) is 5.82 Å². The number of nitrogens with zero attached hydrogens (tertiary/aromatic N) is 3. The van der Waals surface area contributed by atoms with Crippen molar-refractivity contribution in [2.45, 2.75) is 45.5 Å². The zero-order chi connectivity index (χ0) is 18.5. The molecule has 140 valence electrons. The van der Waals surface area contributed by atoms with Gasteiger partial charge >= 0.3 is 0 Å². The molecule has 3 rings (SSSR count). The number of halogens is 1. The van der Waals surface area contributed by atoms with Crippen LogP contribution in [0.3, 0.4) is 0 Å². The van der Waals surface area contributed by atoms with Crippen LogP contribution in [0.2, 0.25) is 0 Å². The maximum absolute atomic E-state index is 13.6. The van der Waals surface area contributed by atoms with Crippen LogP contribution in [0.4, 0.5) is 4.39 Å². The number of hydrogen-bond donors (Lipinski definition) is 2. The van der Waals surface area contributed by atoms with E-state index in [1.54, 1.807) is 25.1 Å². The van der Waals surface area contributed by atoms with Gasteiger partial charge in [-0.2, -0.15) is 5.10 Å². The van der Waals surface area contributed by atoms with Gasteiger partial charge in [-0.05, 0) is 25.5 Å². The van der Waals surface area contributed by atoms with Gasteiger partial charge in [-0.15, -0.1) is 0 Å². The summed E-state index contributed by atoms with van der Waals surface area (Å²) in [5.41, 5.74) is 2.24. The van der Waals surface area contributed by atoms with Gasteiger partial charge in [0.15, 0.2) is 0 Å². The van der Waals surface area contributed by atoms with Gasteiger partial charge in [0.2, 0.25) is 5.91 Å². The third-order valence-corrected chi connectivity index (χ3v) is 4.63. The first-order valence-corrected chi connectivity index (χ1v) is 9.00. The molecule has 1 aliphatic rings. The van der Waals surface area contributed by atoms with Crippen LogP contribution >= 0.6 is 0 Å². The van der Waals surface area contributed by atoms with Crippen LogP contribution in [0.1, 0.15) is 42.8 Å². The summed E-state index contributed by atoms with van der Waals surface area (Å²) < 4.78 is 15.5. The zero-order valence-corrected chi connectivity index (χ0v) is 15.0. The quantitative estimate of drug-likeness (QED) is 0.827. The second-order valence-electron chi connectivity index (χ2n) is 6.71. The summed E-state index contributed by atoms with van der Waals surface area (Å²) in [5, 5.41) is 16.9. The predicted octanol–water partition coefficient (Wildman–Crippen LogP) is 1.99. The van der Waals surface area contributed by atoms with E-state index < -0.39 is 6.10 Å². The molecule has 6 nitrogen and oxygen atoms in total. The summed E-state index contributed by atoms with van der Waals surface area (Å²) in [6, 6.07) is 8.38. The van der Waals surface area contributed by atoms with Gasteiger partial charge in [0, 0.05) is 44.7 Å². The van der Waals surface area contributed by atoms with E-state index in [9.17, 15) is 14.3 Å². The van der Waals surface area contributed by atoms with Crippen molar-refractivity contribution in [2.24, 2.45) is 0 Å². The van der Waals surface area contributed by atoms with Gasteiger partial charge in [0.25, 0.3) is 0 Å². The Kier molecular flexibility index (Phi) is 6.00. The number of rotatable bonds is 6. The first-order chi connectivity index (χ1) is 12.5. The Labute approximate surface area is 152 Å². The lowest BCUT2D eigenvalue weighted by Crippen LogP contribution is -2.30. The molecule has 0 radical (unpaired) electrons. The van der Waals surface area contributed by atoms with Crippen LogP contribution in [0.15, 0.2) is 30.3 Å². The fourth-order valence-electron chi connectivity index (χ4n) is 3.13. The Morgan fingerprint density at radius 1 is 1.38 bits per heavy atom. The molecule has 2 heterocycles. The van der Waals surface area contributed by atoms with Gasteiger partial charge in [-0.1, -0.05) is 18.2 Å². The van der Waals surface area contributed by atoms with Gasteiger partial charge in [0.05, 0.1) is 17.5 Å². The van der Waals surface area contributed by atoms with Crippen molar-refractivity contribution in [3.05, 3.63) is 53.1 Å². The highest BCUT2D eigenvalue weighted by molar-refractivity contribution is 5.76. The molecule has 1 aromatic carbocycles. The zero-order valence-electron chi connectivity index (χ0n) is 15.0. The monoisotopic (exact) mass is 360 g/mol. The minimum Gasteiger partial charge on any atom is -0.387 e. The summed E-state index contributed by atoms with van der Waals surface area (Å²) >= 11 is 0. The highest BCUT2D eigenvalue weighted by Gasteiger charge is 2.18. The molecule has 1 atom stereocenters. The lowest BCUT2D eigenvalue weighted by molar-refractivity contribution is -0.121.